The van der Waals surface area contributed by atoms with Gasteiger partial charge in [0.2, 0.25) is 10.0 Å². The van der Waals surface area contributed by atoms with Gasteiger partial charge in [-0.05, 0) is 36.2 Å². The minimum atomic E-state index is -4.50. The van der Waals surface area contributed by atoms with Crippen LogP contribution in [-0.4, -0.2) is 29.2 Å². The van der Waals surface area contributed by atoms with Crippen LogP contribution in [0.1, 0.15) is 16.8 Å². The van der Waals surface area contributed by atoms with Gasteiger partial charge >= 0.3 is 6.18 Å². The summed E-state index contributed by atoms with van der Waals surface area (Å²) in [6, 6.07) is 3.50. The molecule has 0 radical (unpaired) electrons. The monoisotopic (exact) mass is 343 g/mol. The second kappa shape index (κ2) is 5.57. The van der Waals surface area contributed by atoms with Crippen molar-refractivity contribution in [2.75, 3.05) is 6.54 Å². The Kier molecular flexibility index (Phi) is 3.85. The number of nitrogens with zero attached hydrogens (tertiary/aromatic N) is 3. The predicted octanol–water partition coefficient (Wildman–Crippen LogP) is 2.24. The third kappa shape index (κ3) is 3.06. The average Bonchev–Trinajstić information content (AvgIpc) is 2.53. The van der Waals surface area contributed by atoms with Crippen molar-refractivity contribution < 1.29 is 21.6 Å². The highest BCUT2D eigenvalue weighted by Crippen LogP contribution is 2.30. The summed E-state index contributed by atoms with van der Waals surface area (Å²) in [5.41, 5.74) is 0.612. The second-order valence-corrected chi connectivity index (χ2v) is 7.04. The summed E-state index contributed by atoms with van der Waals surface area (Å²) in [5.74, 6) is 0. The van der Waals surface area contributed by atoms with Crippen LogP contribution in [0.3, 0.4) is 0 Å². The molecule has 5 nitrogen and oxygen atoms in total. The molecule has 1 aromatic carbocycles. The first-order valence-electron chi connectivity index (χ1n) is 6.73. The molecule has 9 heteroatoms. The number of hydrogen-bond acceptors (Lipinski definition) is 4. The first kappa shape index (κ1) is 15.9. The lowest BCUT2D eigenvalue weighted by atomic mass is 10.1. The van der Waals surface area contributed by atoms with Crippen molar-refractivity contribution in [1.29, 1.82) is 0 Å². The van der Waals surface area contributed by atoms with Crippen molar-refractivity contribution in [2.24, 2.45) is 0 Å². The topological polar surface area (TPSA) is 63.2 Å². The molecule has 0 bridgehead atoms. The minimum absolute atomic E-state index is 0.0845. The zero-order valence-corrected chi connectivity index (χ0v) is 12.6. The molecule has 1 aliphatic rings. The maximum Gasteiger partial charge on any atom is 0.416 e. The van der Waals surface area contributed by atoms with E-state index in [9.17, 15) is 21.6 Å². The number of aromatic nitrogens is 2. The fourth-order valence-electron chi connectivity index (χ4n) is 2.40. The normalized spacial score (nSPS) is 16.1. The summed E-state index contributed by atoms with van der Waals surface area (Å²) in [5, 5.41) is 0. The quantitative estimate of drug-likeness (QED) is 0.839. The molecular weight excluding hydrogens is 331 g/mol. The minimum Gasteiger partial charge on any atom is -0.245 e. The summed E-state index contributed by atoms with van der Waals surface area (Å²) in [6.45, 7) is 0.324. The van der Waals surface area contributed by atoms with Gasteiger partial charge in [-0.15, -0.1) is 0 Å². The number of fused-ring (bicyclic) bond motifs is 1. The Labute approximate surface area is 130 Å². The lowest BCUT2D eigenvalue weighted by Gasteiger charge is -2.27. The SMILES string of the molecule is O=S(=O)(c1ccc(C(F)(F)F)cc1)N1CCc2cncnc2C1. The molecule has 2 heterocycles. The number of hydrogen-bond donors (Lipinski definition) is 0. The Morgan fingerprint density at radius 3 is 2.48 bits per heavy atom. The lowest BCUT2D eigenvalue weighted by Crippen LogP contribution is -2.36. The summed E-state index contributed by atoms with van der Waals surface area (Å²) < 4.78 is 64.0. The fourth-order valence-corrected chi connectivity index (χ4v) is 3.80. The van der Waals surface area contributed by atoms with Crippen molar-refractivity contribution in [2.45, 2.75) is 24.0 Å². The molecule has 0 fully saturated rings. The number of alkyl halides is 3. The van der Waals surface area contributed by atoms with Gasteiger partial charge in [0.15, 0.2) is 0 Å². The summed E-state index contributed by atoms with van der Waals surface area (Å²) >= 11 is 0. The summed E-state index contributed by atoms with van der Waals surface area (Å²) in [4.78, 5) is 7.78. The van der Waals surface area contributed by atoms with E-state index in [1.54, 1.807) is 6.20 Å². The molecule has 0 saturated carbocycles. The number of halogens is 3. The Balaban J connectivity index is 1.88. The van der Waals surface area contributed by atoms with Gasteiger partial charge in [0.05, 0.1) is 22.7 Å². The second-order valence-electron chi connectivity index (χ2n) is 5.11. The van der Waals surface area contributed by atoms with Gasteiger partial charge < -0.3 is 0 Å². The van der Waals surface area contributed by atoms with Crippen LogP contribution in [0, 0.1) is 0 Å². The van der Waals surface area contributed by atoms with E-state index in [1.165, 1.54) is 10.6 Å². The zero-order valence-electron chi connectivity index (χ0n) is 11.8. The molecule has 0 spiro atoms. The number of sulfonamides is 1. The Bertz CT molecular complexity index is 820. The first-order valence-corrected chi connectivity index (χ1v) is 8.17. The molecule has 23 heavy (non-hydrogen) atoms. The van der Waals surface area contributed by atoms with E-state index in [-0.39, 0.29) is 18.0 Å². The molecular formula is C14H12F3N3O2S. The van der Waals surface area contributed by atoms with Gasteiger partial charge in [0.25, 0.3) is 0 Å². The van der Waals surface area contributed by atoms with Crippen LogP contribution in [0.4, 0.5) is 13.2 Å². The zero-order chi connectivity index (χ0) is 16.7. The first-order chi connectivity index (χ1) is 10.8. The highest BCUT2D eigenvalue weighted by molar-refractivity contribution is 7.89. The number of benzene rings is 1. The fraction of sp³-hybridized carbons (Fsp3) is 0.286. The van der Waals surface area contributed by atoms with Gasteiger partial charge in [-0.2, -0.15) is 17.5 Å². The Hall–Kier alpha value is -2.00. The van der Waals surface area contributed by atoms with E-state index in [1.807, 2.05) is 0 Å². The van der Waals surface area contributed by atoms with Crippen LogP contribution < -0.4 is 0 Å². The Morgan fingerprint density at radius 1 is 1.13 bits per heavy atom. The van der Waals surface area contributed by atoms with Crippen molar-refractivity contribution >= 4 is 10.0 Å². The summed E-state index contributed by atoms with van der Waals surface area (Å²) in [7, 11) is -3.86. The molecule has 0 N–H and O–H groups in total. The van der Waals surface area contributed by atoms with Crippen molar-refractivity contribution in [1.82, 2.24) is 14.3 Å². The maximum atomic E-state index is 12.6. The summed E-state index contributed by atoms with van der Waals surface area (Å²) in [6.07, 6.45) is -1.04. The largest absolute Gasteiger partial charge is 0.416 e. The van der Waals surface area contributed by atoms with E-state index < -0.39 is 21.8 Å². The van der Waals surface area contributed by atoms with Crippen molar-refractivity contribution in [3.63, 3.8) is 0 Å². The van der Waals surface area contributed by atoms with Crippen LogP contribution in [-0.2, 0) is 29.2 Å². The van der Waals surface area contributed by atoms with Gasteiger partial charge in [-0.25, -0.2) is 18.4 Å². The standard InChI is InChI=1S/C14H12F3N3O2S/c15-14(16,17)11-1-3-12(4-2-11)23(21,22)20-6-5-10-7-18-9-19-13(10)8-20/h1-4,7,9H,5-6,8H2. The molecule has 3 rings (SSSR count). The molecule has 0 aliphatic carbocycles. The Morgan fingerprint density at radius 2 is 1.83 bits per heavy atom. The van der Waals surface area contributed by atoms with Crippen LogP contribution in [0.2, 0.25) is 0 Å². The van der Waals surface area contributed by atoms with E-state index >= 15 is 0 Å². The third-order valence-corrected chi connectivity index (χ3v) is 5.52. The molecule has 0 amide bonds. The van der Waals surface area contributed by atoms with Gasteiger partial charge in [0.1, 0.15) is 6.33 Å². The highest BCUT2D eigenvalue weighted by Gasteiger charge is 2.32. The van der Waals surface area contributed by atoms with Crippen LogP contribution in [0.5, 0.6) is 0 Å². The van der Waals surface area contributed by atoms with Crippen molar-refractivity contribution in [3.8, 4) is 0 Å². The highest BCUT2D eigenvalue weighted by atomic mass is 32.2. The number of rotatable bonds is 2. The van der Waals surface area contributed by atoms with E-state index in [2.05, 4.69) is 9.97 Å². The third-order valence-electron chi connectivity index (χ3n) is 3.66. The molecule has 0 atom stereocenters. The molecule has 0 unspecified atom stereocenters. The maximum absolute atomic E-state index is 12.6. The van der Waals surface area contributed by atoms with E-state index in [0.29, 0.717) is 12.1 Å². The van der Waals surface area contributed by atoms with Crippen molar-refractivity contribution in [3.05, 3.63) is 53.6 Å². The van der Waals surface area contributed by atoms with Gasteiger partial charge in [-0.3, -0.25) is 0 Å². The smallest absolute Gasteiger partial charge is 0.245 e. The van der Waals surface area contributed by atoms with Crippen LogP contribution in [0.25, 0.3) is 0 Å². The predicted molar refractivity (Wildman–Crippen MR) is 74.8 cm³/mol. The van der Waals surface area contributed by atoms with Crippen LogP contribution in [0.15, 0.2) is 41.7 Å². The van der Waals surface area contributed by atoms with Gasteiger partial charge in [0, 0.05) is 12.7 Å². The molecule has 2 aromatic rings. The molecule has 0 saturated heterocycles. The molecule has 1 aliphatic heterocycles. The lowest BCUT2D eigenvalue weighted by molar-refractivity contribution is -0.137. The molecule has 122 valence electrons. The van der Waals surface area contributed by atoms with Crippen LogP contribution >= 0.6 is 0 Å². The molecule has 1 aromatic heterocycles. The average molecular weight is 343 g/mol. The van der Waals surface area contributed by atoms with E-state index in [0.717, 1.165) is 29.8 Å². The van der Waals surface area contributed by atoms with Gasteiger partial charge in [-0.1, -0.05) is 0 Å². The van der Waals surface area contributed by atoms with E-state index in [4.69, 9.17) is 0 Å².